The van der Waals surface area contributed by atoms with E-state index in [4.69, 9.17) is 0 Å². The highest BCUT2D eigenvalue weighted by atomic mass is 32.2. The van der Waals surface area contributed by atoms with Gasteiger partial charge in [-0.1, -0.05) is 0 Å². The molecule has 86 valence electrons. The van der Waals surface area contributed by atoms with Gasteiger partial charge in [-0.3, -0.25) is 0 Å². The third-order valence-electron chi connectivity index (χ3n) is 2.19. The Morgan fingerprint density at radius 3 is 2.80 bits per heavy atom. The molecule has 1 N–H and O–H groups in total. The standard InChI is InChI=1S/C9H16N2O2S2/c1-7(15(3,12)13)9-11-8(6-14-9)4-5-10-2/h6-7,10H,4-5H2,1-3H3. The lowest BCUT2D eigenvalue weighted by molar-refractivity contribution is 0.592. The van der Waals surface area contributed by atoms with Crippen LogP contribution in [0.4, 0.5) is 0 Å². The number of rotatable bonds is 5. The highest BCUT2D eigenvalue weighted by Gasteiger charge is 2.20. The molecule has 0 aromatic carbocycles. The Morgan fingerprint density at radius 1 is 1.60 bits per heavy atom. The van der Waals surface area contributed by atoms with Crippen molar-refractivity contribution in [3.05, 3.63) is 16.1 Å². The predicted molar refractivity (Wildman–Crippen MR) is 63.0 cm³/mol. The lowest BCUT2D eigenvalue weighted by Crippen LogP contribution is -2.11. The van der Waals surface area contributed by atoms with Gasteiger partial charge >= 0.3 is 0 Å². The van der Waals surface area contributed by atoms with E-state index in [2.05, 4.69) is 10.3 Å². The number of aromatic nitrogens is 1. The predicted octanol–water partition coefficient (Wildman–Crippen LogP) is 1.01. The van der Waals surface area contributed by atoms with Crippen molar-refractivity contribution in [3.63, 3.8) is 0 Å². The highest BCUT2D eigenvalue weighted by Crippen LogP contribution is 2.24. The van der Waals surface area contributed by atoms with Gasteiger partial charge in [-0.2, -0.15) is 0 Å². The Labute approximate surface area is 94.7 Å². The largest absolute Gasteiger partial charge is 0.319 e. The monoisotopic (exact) mass is 248 g/mol. The summed E-state index contributed by atoms with van der Waals surface area (Å²) in [6.45, 7) is 2.53. The van der Waals surface area contributed by atoms with E-state index in [1.165, 1.54) is 17.6 Å². The smallest absolute Gasteiger partial charge is 0.156 e. The van der Waals surface area contributed by atoms with Crippen molar-refractivity contribution in [2.45, 2.75) is 18.6 Å². The van der Waals surface area contributed by atoms with Crippen molar-refractivity contribution in [2.75, 3.05) is 19.8 Å². The summed E-state index contributed by atoms with van der Waals surface area (Å²) in [5, 5.41) is 5.15. The van der Waals surface area contributed by atoms with Crippen LogP contribution in [0.1, 0.15) is 22.9 Å². The lowest BCUT2D eigenvalue weighted by atomic mass is 10.3. The summed E-state index contributed by atoms with van der Waals surface area (Å²) < 4.78 is 22.6. The molecule has 6 heteroatoms. The maximum absolute atomic E-state index is 11.3. The van der Waals surface area contributed by atoms with E-state index in [0.717, 1.165) is 18.7 Å². The molecule has 1 heterocycles. The molecule has 15 heavy (non-hydrogen) atoms. The number of hydrogen-bond donors (Lipinski definition) is 1. The van der Waals surface area contributed by atoms with Gasteiger partial charge in [0.15, 0.2) is 9.84 Å². The van der Waals surface area contributed by atoms with E-state index >= 15 is 0 Å². The SMILES string of the molecule is CNCCc1csc(C(C)S(C)(=O)=O)n1. The molecule has 0 aliphatic rings. The van der Waals surface area contributed by atoms with Crippen molar-refractivity contribution in [1.82, 2.24) is 10.3 Å². The molecule has 0 aliphatic carbocycles. The number of likely N-dealkylation sites (N-methyl/N-ethyl adjacent to an activating group) is 1. The average molecular weight is 248 g/mol. The molecular weight excluding hydrogens is 232 g/mol. The highest BCUT2D eigenvalue weighted by molar-refractivity contribution is 7.91. The summed E-state index contributed by atoms with van der Waals surface area (Å²) in [6.07, 6.45) is 2.08. The molecule has 4 nitrogen and oxygen atoms in total. The van der Waals surface area contributed by atoms with Gasteiger partial charge in [0.05, 0.1) is 5.69 Å². The van der Waals surface area contributed by atoms with Gasteiger partial charge in [-0.05, 0) is 14.0 Å². The van der Waals surface area contributed by atoms with Crippen LogP contribution in [0.25, 0.3) is 0 Å². The summed E-state index contributed by atoms with van der Waals surface area (Å²) >= 11 is 1.42. The van der Waals surface area contributed by atoms with Gasteiger partial charge in [0.1, 0.15) is 10.3 Å². The van der Waals surface area contributed by atoms with E-state index < -0.39 is 15.1 Å². The number of sulfone groups is 1. The van der Waals surface area contributed by atoms with E-state index in [-0.39, 0.29) is 0 Å². The molecule has 0 bridgehead atoms. The van der Waals surface area contributed by atoms with Gasteiger partial charge in [0.2, 0.25) is 0 Å². The van der Waals surface area contributed by atoms with Crippen LogP contribution >= 0.6 is 11.3 Å². The molecular formula is C9H16N2O2S2. The summed E-state index contributed by atoms with van der Waals surface area (Å²) in [7, 11) is -1.15. The molecule has 0 spiro atoms. The van der Waals surface area contributed by atoms with Crippen LogP contribution in [-0.2, 0) is 16.3 Å². The van der Waals surface area contributed by atoms with E-state index in [1.54, 1.807) is 6.92 Å². The van der Waals surface area contributed by atoms with Crippen LogP contribution < -0.4 is 5.32 Å². The zero-order valence-corrected chi connectivity index (χ0v) is 10.8. The van der Waals surface area contributed by atoms with Gasteiger partial charge < -0.3 is 5.32 Å². The minimum atomic E-state index is -3.03. The van der Waals surface area contributed by atoms with Crippen molar-refractivity contribution < 1.29 is 8.42 Å². The van der Waals surface area contributed by atoms with E-state index in [9.17, 15) is 8.42 Å². The first kappa shape index (κ1) is 12.6. The molecule has 1 unspecified atom stereocenters. The summed E-state index contributed by atoms with van der Waals surface area (Å²) in [6, 6.07) is 0. The maximum Gasteiger partial charge on any atom is 0.156 e. The second kappa shape index (κ2) is 5.05. The number of hydrogen-bond acceptors (Lipinski definition) is 5. The van der Waals surface area contributed by atoms with Crippen LogP contribution in [0.3, 0.4) is 0 Å². The number of nitrogens with zero attached hydrogens (tertiary/aromatic N) is 1. The van der Waals surface area contributed by atoms with Gasteiger partial charge in [0, 0.05) is 24.6 Å². The topological polar surface area (TPSA) is 59.1 Å². The molecule has 0 aliphatic heterocycles. The molecule has 0 fully saturated rings. The normalized spacial score (nSPS) is 14.1. The first-order valence-corrected chi connectivity index (χ1v) is 7.56. The second-order valence-corrected chi connectivity index (χ2v) is 6.76. The van der Waals surface area contributed by atoms with Crippen LogP contribution in [0.5, 0.6) is 0 Å². The summed E-state index contributed by atoms with van der Waals surface area (Å²) in [4.78, 5) is 4.31. The van der Waals surface area contributed by atoms with Crippen LogP contribution in [-0.4, -0.2) is 33.2 Å². The van der Waals surface area contributed by atoms with Gasteiger partial charge in [0.25, 0.3) is 0 Å². The van der Waals surface area contributed by atoms with Crippen LogP contribution in [0.15, 0.2) is 5.38 Å². The Bertz CT molecular complexity index is 412. The third kappa shape index (κ3) is 3.55. The van der Waals surface area contributed by atoms with Crippen molar-refractivity contribution in [1.29, 1.82) is 0 Å². The zero-order chi connectivity index (χ0) is 11.5. The number of nitrogens with one attached hydrogen (secondary N) is 1. The Hall–Kier alpha value is -0.460. The minimum absolute atomic E-state index is 0.495. The maximum atomic E-state index is 11.3. The summed E-state index contributed by atoms with van der Waals surface area (Å²) in [5.41, 5.74) is 0.958. The fourth-order valence-electron chi connectivity index (χ4n) is 1.06. The molecule has 0 amide bonds. The Morgan fingerprint density at radius 2 is 2.27 bits per heavy atom. The molecule has 1 atom stereocenters. The van der Waals surface area contributed by atoms with Crippen LogP contribution in [0, 0.1) is 0 Å². The first-order valence-electron chi connectivity index (χ1n) is 4.73. The van der Waals surface area contributed by atoms with Crippen molar-refractivity contribution in [2.24, 2.45) is 0 Å². The molecule has 1 rings (SSSR count). The Kier molecular flexibility index (Phi) is 4.24. The first-order chi connectivity index (χ1) is 6.95. The quantitative estimate of drug-likeness (QED) is 0.845. The molecule has 1 aromatic heterocycles. The lowest BCUT2D eigenvalue weighted by Gasteiger charge is -2.04. The van der Waals surface area contributed by atoms with Gasteiger partial charge in [-0.15, -0.1) is 11.3 Å². The fraction of sp³-hybridized carbons (Fsp3) is 0.667. The van der Waals surface area contributed by atoms with Crippen molar-refractivity contribution in [3.8, 4) is 0 Å². The average Bonchev–Trinajstić information content (AvgIpc) is 2.60. The molecule has 0 saturated heterocycles. The Balaban J connectivity index is 2.76. The van der Waals surface area contributed by atoms with E-state index in [1.807, 2.05) is 12.4 Å². The van der Waals surface area contributed by atoms with E-state index in [0.29, 0.717) is 5.01 Å². The van der Waals surface area contributed by atoms with Crippen LogP contribution in [0.2, 0.25) is 0 Å². The van der Waals surface area contributed by atoms with Gasteiger partial charge in [-0.25, -0.2) is 13.4 Å². The summed E-state index contributed by atoms with van der Waals surface area (Å²) in [5.74, 6) is 0. The van der Waals surface area contributed by atoms with Crippen molar-refractivity contribution >= 4 is 21.2 Å². The third-order valence-corrected chi connectivity index (χ3v) is 4.92. The zero-order valence-electron chi connectivity index (χ0n) is 9.15. The fourth-order valence-corrected chi connectivity index (χ4v) is 2.96. The molecule has 0 radical (unpaired) electrons. The second-order valence-electron chi connectivity index (χ2n) is 3.50. The molecule has 1 aromatic rings. The minimum Gasteiger partial charge on any atom is -0.319 e. The number of thiazole rings is 1. The molecule has 0 saturated carbocycles.